The van der Waals surface area contributed by atoms with Crippen LogP contribution in [0.5, 0.6) is 0 Å². The highest BCUT2D eigenvalue weighted by Gasteiger charge is 2.25. The summed E-state index contributed by atoms with van der Waals surface area (Å²) in [5.74, 6) is 1.55. The predicted molar refractivity (Wildman–Crippen MR) is 101 cm³/mol. The maximum absolute atomic E-state index is 12.4. The quantitative estimate of drug-likeness (QED) is 0.824. The van der Waals surface area contributed by atoms with Crippen molar-refractivity contribution in [3.63, 3.8) is 0 Å². The maximum atomic E-state index is 12.4. The van der Waals surface area contributed by atoms with Crippen molar-refractivity contribution in [2.45, 2.75) is 52.4 Å². The Hall–Kier alpha value is -1.35. The van der Waals surface area contributed by atoms with Gasteiger partial charge in [0.05, 0.1) is 0 Å². The van der Waals surface area contributed by atoms with Gasteiger partial charge in [-0.25, -0.2) is 0 Å². The highest BCUT2D eigenvalue weighted by atomic mass is 16.1. The molecule has 0 aromatic heterocycles. The molecule has 0 unspecified atom stereocenters. The molecule has 0 bridgehead atoms. The molecule has 1 aromatic carbocycles. The van der Waals surface area contributed by atoms with Gasteiger partial charge >= 0.3 is 0 Å². The molecule has 2 rings (SSSR count). The van der Waals surface area contributed by atoms with E-state index in [1.165, 1.54) is 38.0 Å². The van der Waals surface area contributed by atoms with Gasteiger partial charge in [0.25, 0.3) is 0 Å². The van der Waals surface area contributed by atoms with Gasteiger partial charge in [-0.2, -0.15) is 0 Å². The van der Waals surface area contributed by atoms with Crippen LogP contribution in [0.1, 0.15) is 52.5 Å². The Bertz CT molecular complexity index is 502. The molecule has 1 saturated heterocycles. The number of amides is 1. The number of carbonyl (C=O) groups is 1. The SMILES string of the molecule is CC(C)CN1CCC(CNC(=O)CC(C)(C)c2ccccc2)CC1. The van der Waals surface area contributed by atoms with E-state index in [0.29, 0.717) is 12.3 Å². The number of hydrogen-bond acceptors (Lipinski definition) is 2. The summed E-state index contributed by atoms with van der Waals surface area (Å²) in [5, 5.41) is 3.18. The first kappa shape index (κ1) is 19.0. The smallest absolute Gasteiger partial charge is 0.220 e. The molecule has 0 saturated carbocycles. The Morgan fingerprint density at radius 3 is 2.42 bits per heavy atom. The Morgan fingerprint density at radius 1 is 1.21 bits per heavy atom. The molecule has 1 aromatic rings. The number of rotatable bonds is 7. The van der Waals surface area contributed by atoms with Crippen molar-refractivity contribution >= 4 is 5.91 Å². The van der Waals surface area contributed by atoms with Crippen LogP contribution in [-0.2, 0) is 10.2 Å². The highest BCUT2D eigenvalue weighted by molar-refractivity contribution is 5.77. The molecule has 1 aliphatic heterocycles. The zero-order valence-electron chi connectivity index (χ0n) is 15.8. The van der Waals surface area contributed by atoms with E-state index in [0.717, 1.165) is 12.5 Å². The van der Waals surface area contributed by atoms with Crippen LogP contribution in [0.15, 0.2) is 30.3 Å². The molecule has 0 atom stereocenters. The average molecular weight is 331 g/mol. The van der Waals surface area contributed by atoms with E-state index >= 15 is 0 Å². The number of hydrogen-bond donors (Lipinski definition) is 1. The van der Waals surface area contributed by atoms with Crippen molar-refractivity contribution in [2.75, 3.05) is 26.2 Å². The summed E-state index contributed by atoms with van der Waals surface area (Å²) in [5.41, 5.74) is 1.11. The summed E-state index contributed by atoms with van der Waals surface area (Å²) in [6.07, 6.45) is 2.95. The van der Waals surface area contributed by atoms with Crippen LogP contribution in [0.3, 0.4) is 0 Å². The van der Waals surface area contributed by atoms with Crippen molar-refractivity contribution in [1.82, 2.24) is 10.2 Å². The van der Waals surface area contributed by atoms with Gasteiger partial charge in [0.2, 0.25) is 5.91 Å². The lowest BCUT2D eigenvalue weighted by Crippen LogP contribution is -2.40. The third-order valence-electron chi connectivity index (χ3n) is 5.08. The van der Waals surface area contributed by atoms with Gasteiger partial charge in [0, 0.05) is 19.5 Å². The maximum Gasteiger partial charge on any atom is 0.220 e. The molecule has 3 heteroatoms. The summed E-state index contributed by atoms with van der Waals surface area (Å²) in [6.45, 7) is 13.2. The van der Waals surface area contributed by atoms with Crippen LogP contribution in [-0.4, -0.2) is 37.0 Å². The largest absolute Gasteiger partial charge is 0.356 e. The van der Waals surface area contributed by atoms with Crippen molar-refractivity contribution in [3.8, 4) is 0 Å². The van der Waals surface area contributed by atoms with Gasteiger partial charge in [-0.15, -0.1) is 0 Å². The first-order valence-electron chi connectivity index (χ1n) is 9.41. The molecule has 1 fully saturated rings. The number of carbonyl (C=O) groups excluding carboxylic acids is 1. The van der Waals surface area contributed by atoms with Crippen LogP contribution in [0, 0.1) is 11.8 Å². The molecule has 1 heterocycles. The van der Waals surface area contributed by atoms with E-state index in [2.05, 4.69) is 50.0 Å². The Kier molecular flexibility index (Phi) is 6.85. The number of piperidine rings is 1. The van der Waals surface area contributed by atoms with Crippen LogP contribution in [0.2, 0.25) is 0 Å². The summed E-state index contributed by atoms with van der Waals surface area (Å²) >= 11 is 0. The third kappa shape index (κ3) is 5.94. The molecular formula is C21H34N2O. The molecule has 3 nitrogen and oxygen atoms in total. The second-order valence-corrected chi connectivity index (χ2v) is 8.37. The minimum absolute atomic E-state index is 0.119. The van der Waals surface area contributed by atoms with Crippen LogP contribution >= 0.6 is 0 Å². The Balaban J connectivity index is 1.72. The topological polar surface area (TPSA) is 32.3 Å². The number of nitrogens with one attached hydrogen (secondary N) is 1. The standard InChI is InChI=1S/C21H34N2O/c1-17(2)16-23-12-10-18(11-13-23)15-22-20(24)14-21(3,4)19-8-6-5-7-9-19/h5-9,17-18H,10-16H2,1-4H3,(H,22,24). The first-order chi connectivity index (χ1) is 11.4. The number of benzene rings is 1. The van der Waals surface area contributed by atoms with Gasteiger partial charge in [-0.3, -0.25) is 4.79 Å². The minimum atomic E-state index is -0.119. The van der Waals surface area contributed by atoms with Crippen LogP contribution in [0.4, 0.5) is 0 Å². The van der Waals surface area contributed by atoms with Gasteiger partial charge in [0.1, 0.15) is 0 Å². The molecule has 1 amide bonds. The lowest BCUT2D eigenvalue weighted by atomic mass is 9.81. The average Bonchev–Trinajstić information content (AvgIpc) is 2.54. The van der Waals surface area contributed by atoms with Gasteiger partial charge in [-0.1, -0.05) is 58.0 Å². The second-order valence-electron chi connectivity index (χ2n) is 8.37. The third-order valence-corrected chi connectivity index (χ3v) is 5.08. The highest BCUT2D eigenvalue weighted by Crippen LogP contribution is 2.26. The molecule has 1 N–H and O–H groups in total. The zero-order valence-corrected chi connectivity index (χ0v) is 15.8. The van der Waals surface area contributed by atoms with E-state index in [4.69, 9.17) is 0 Å². The van der Waals surface area contributed by atoms with Gasteiger partial charge < -0.3 is 10.2 Å². The predicted octanol–water partition coefficient (Wildman–Crippen LogP) is 3.84. The van der Waals surface area contributed by atoms with Crippen molar-refractivity contribution < 1.29 is 4.79 Å². The summed E-state index contributed by atoms with van der Waals surface area (Å²) < 4.78 is 0. The summed E-state index contributed by atoms with van der Waals surface area (Å²) in [4.78, 5) is 14.9. The summed E-state index contributed by atoms with van der Waals surface area (Å²) in [6, 6.07) is 10.3. The molecule has 134 valence electrons. The van der Waals surface area contributed by atoms with Crippen molar-refractivity contribution in [1.29, 1.82) is 0 Å². The molecule has 0 spiro atoms. The van der Waals surface area contributed by atoms with E-state index < -0.39 is 0 Å². The number of likely N-dealkylation sites (tertiary alicyclic amines) is 1. The Labute approximate surface area is 147 Å². The van der Waals surface area contributed by atoms with Gasteiger partial charge in [0.15, 0.2) is 0 Å². The minimum Gasteiger partial charge on any atom is -0.356 e. The van der Waals surface area contributed by atoms with E-state index in [-0.39, 0.29) is 11.3 Å². The van der Waals surface area contributed by atoms with Crippen molar-refractivity contribution in [2.24, 2.45) is 11.8 Å². The van der Waals surface area contributed by atoms with Crippen molar-refractivity contribution in [3.05, 3.63) is 35.9 Å². The first-order valence-corrected chi connectivity index (χ1v) is 9.41. The number of nitrogens with zero attached hydrogens (tertiary/aromatic N) is 1. The van der Waals surface area contributed by atoms with Crippen LogP contribution < -0.4 is 5.32 Å². The molecular weight excluding hydrogens is 296 g/mol. The van der Waals surface area contributed by atoms with Crippen LogP contribution in [0.25, 0.3) is 0 Å². The van der Waals surface area contributed by atoms with E-state index in [9.17, 15) is 4.79 Å². The Morgan fingerprint density at radius 2 is 1.83 bits per heavy atom. The molecule has 1 aliphatic rings. The fourth-order valence-corrected chi connectivity index (χ4v) is 3.60. The zero-order chi connectivity index (χ0) is 17.6. The normalized spacial score (nSPS) is 17.2. The molecule has 0 aliphatic carbocycles. The monoisotopic (exact) mass is 330 g/mol. The summed E-state index contributed by atoms with van der Waals surface area (Å²) in [7, 11) is 0. The fourth-order valence-electron chi connectivity index (χ4n) is 3.60. The van der Waals surface area contributed by atoms with E-state index in [1.54, 1.807) is 0 Å². The lowest BCUT2D eigenvalue weighted by molar-refractivity contribution is -0.122. The molecule has 0 radical (unpaired) electrons. The lowest BCUT2D eigenvalue weighted by Gasteiger charge is -2.33. The van der Waals surface area contributed by atoms with E-state index in [1.807, 2.05) is 18.2 Å². The second kappa shape index (κ2) is 8.66. The molecule has 24 heavy (non-hydrogen) atoms. The van der Waals surface area contributed by atoms with Gasteiger partial charge in [-0.05, 0) is 48.7 Å². The fraction of sp³-hybridized carbons (Fsp3) is 0.667.